The van der Waals surface area contributed by atoms with Crippen molar-refractivity contribution in [2.75, 3.05) is 11.9 Å². The SMILES string of the molecule is Cc1cccc(N(C)c2ccc3c4c(cccc24)-c2ccccc2-3)c1. The summed E-state index contributed by atoms with van der Waals surface area (Å²) in [4.78, 5) is 2.29. The fraction of sp³-hybridized carbons (Fsp3) is 0.0833. The Labute approximate surface area is 148 Å². The summed E-state index contributed by atoms with van der Waals surface area (Å²) in [6.45, 7) is 2.14. The van der Waals surface area contributed by atoms with Crippen molar-refractivity contribution >= 4 is 22.1 Å². The van der Waals surface area contributed by atoms with Gasteiger partial charge in [0.2, 0.25) is 0 Å². The van der Waals surface area contributed by atoms with Gasteiger partial charge >= 0.3 is 0 Å². The van der Waals surface area contributed by atoms with Crippen LogP contribution in [0.1, 0.15) is 5.56 Å². The minimum absolute atomic E-state index is 1.22. The van der Waals surface area contributed by atoms with Crippen molar-refractivity contribution in [1.82, 2.24) is 0 Å². The van der Waals surface area contributed by atoms with E-state index in [0.717, 1.165) is 0 Å². The Balaban J connectivity index is 1.77. The Kier molecular flexibility index (Phi) is 2.98. The summed E-state index contributed by atoms with van der Waals surface area (Å²) in [7, 11) is 2.15. The molecule has 120 valence electrons. The maximum atomic E-state index is 2.29. The first-order valence-corrected chi connectivity index (χ1v) is 8.70. The van der Waals surface area contributed by atoms with E-state index < -0.39 is 0 Å². The van der Waals surface area contributed by atoms with E-state index in [9.17, 15) is 0 Å². The van der Waals surface area contributed by atoms with E-state index in [-0.39, 0.29) is 0 Å². The standard InChI is InChI=1S/C24H19N/c1-16-7-5-8-17(15-16)25(2)23-14-13-21-19-10-4-3-9-18(19)20-11-6-12-22(23)24(20)21/h3-15H,1-2H3. The van der Waals surface area contributed by atoms with Gasteiger partial charge in [0.15, 0.2) is 0 Å². The van der Waals surface area contributed by atoms with Crippen LogP contribution in [0.25, 0.3) is 33.0 Å². The molecule has 1 heteroatoms. The third-order valence-corrected chi connectivity index (χ3v) is 5.28. The molecule has 0 saturated heterocycles. The molecule has 0 bridgehead atoms. The van der Waals surface area contributed by atoms with Gasteiger partial charge < -0.3 is 4.90 Å². The first kappa shape index (κ1) is 14.3. The molecule has 0 amide bonds. The van der Waals surface area contributed by atoms with Gasteiger partial charge in [0.1, 0.15) is 0 Å². The largest absolute Gasteiger partial charge is 0.344 e. The summed E-state index contributed by atoms with van der Waals surface area (Å²) in [5, 5.41) is 2.69. The zero-order valence-corrected chi connectivity index (χ0v) is 14.5. The van der Waals surface area contributed by atoms with Gasteiger partial charge in [-0.15, -0.1) is 0 Å². The van der Waals surface area contributed by atoms with Crippen LogP contribution < -0.4 is 4.90 Å². The highest BCUT2D eigenvalue weighted by Crippen LogP contribution is 2.49. The van der Waals surface area contributed by atoms with Gasteiger partial charge in [-0.1, -0.05) is 60.7 Å². The molecule has 0 saturated carbocycles. The van der Waals surface area contributed by atoms with Crippen molar-refractivity contribution in [2.45, 2.75) is 6.92 Å². The smallest absolute Gasteiger partial charge is 0.0488 e. The van der Waals surface area contributed by atoms with Crippen LogP contribution in [-0.2, 0) is 0 Å². The fourth-order valence-corrected chi connectivity index (χ4v) is 4.06. The van der Waals surface area contributed by atoms with Crippen molar-refractivity contribution in [3.05, 3.63) is 84.4 Å². The zero-order chi connectivity index (χ0) is 17.0. The molecule has 0 heterocycles. The normalized spacial score (nSPS) is 11.6. The van der Waals surface area contributed by atoms with Crippen molar-refractivity contribution < 1.29 is 0 Å². The van der Waals surface area contributed by atoms with Crippen LogP contribution >= 0.6 is 0 Å². The van der Waals surface area contributed by atoms with Crippen LogP contribution in [0.5, 0.6) is 0 Å². The van der Waals surface area contributed by atoms with E-state index in [1.54, 1.807) is 0 Å². The van der Waals surface area contributed by atoms with Crippen molar-refractivity contribution in [1.29, 1.82) is 0 Å². The lowest BCUT2D eigenvalue weighted by atomic mass is 10.0. The van der Waals surface area contributed by atoms with Crippen LogP contribution in [0.15, 0.2) is 78.9 Å². The number of rotatable bonds is 2. The van der Waals surface area contributed by atoms with Gasteiger partial charge in [-0.25, -0.2) is 0 Å². The second kappa shape index (κ2) is 5.22. The summed E-state index contributed by atoms with van der Waals surface area (Å²) in [5.41, 5.74) is 9.14. The number of hydrogen-bond acceptors (Lipinski definition) is 1. The fourth-order valence-electron chi connectivity index (χ4n) is 4.06. The zero-order valence-electron chi connectivity index (χ0n) is 14.5. The molecule has 0 radical (unpaired) electrons. The van der Waals surface area contributed by atoms with Gasteiger partial charge in [-0.05, 0) is 58.3 Å². The van der Waals surface area contributed by atoms with Gasteiger partial charge in [-0.3, -0.25) is 0 Å². The van der Waals surface area contributed by atoms with E-state index in [4.69, 9.17) is 0 Å². The molecule has 0 atom stereocenters. The van der Waals surface area contributed by atoms with E-state index in [1.165, 1.54) is 50.0 Å². The summed E-state index contributed by atoms with van der Waals surface area (Å²) < 4.78 is 0. The number of nitrogens with zero attached hydrogens (tertiary/aromatic N) is 1. The maximum Gasteiger partial charge on any atom is 0.0488 e. The summed E-state index contributed by atoms with van der Waals surface area (Å²) in [5.74, 6) is 0. The highest BCUT2D eigenvalue weighted by molar-refractivity contribution is 6.18. The Morgan fingerprint density at radius 2 is 1.32 bits per heavy atom. The lowest BCUT2D eigenvalue weighted by Gasteiger charge is -2.22. The molecule has 25 heavy (non-hydrogen) atoms. The van der Waals surface area contributed by atoms with Crippen molar-refractivity contribution in [3.8, 4) is 22.3 Å². The average Bonchev–Trinajstić information content (AvgIpc) is 2.98. The molecule has 0 N–H and O–H groups in total. The molecule has 0 spiro atoms. The number of hydrogen-bond donors (Lipinski definition) is 0. The lowest BCUT2D eigenvalue weighted by molar-refractivity contribution is 1.21. The predicted octanol–water partition coefficient (Wildman–Crippen LogP) is 6.56. The summed E-state index contributed by atoms with van der Waals surface area (Å²) >= 11 is 0. The molecule has 0 fully saturated rings. The first-order chi connectivity index (χ1) is 12.2. The molecular weight excluding hydrogens is 302 g/mol. The summed E-state index contributed by atoms with van der Waals surface area (Å²) in [6.07, 6.45) is 0. The van der Waals surface area contributed by atoms with Gasteiger partial charge in [-0.2, -0.15) is 0 Å². The van der Waals surface area contributed by atoms with E-state index in [2.05, 4.69) is 97.7 Å². The van der Waals surface area contributed by atoms with Crippen LogP contribution in [0.3, 0.4) is 0 Å². The predicted molar refractivity (Wildman–Crippen MR) is 108 cm³/mol. The maximum absolute atomic E-state index is 2.29. The quantitative estimate of drug-likeness (QED) is 0.356. The van der Waals surface area contributed by atoms with E-state index in [0.29, 0.717) is 0 Å². The molecule has 5 rings (SSSR count). The first-order valence-electron chi connectivity index (χ1n) is 8.70. The monoisotopic (exact) mass is 321 g/mol. The Bertz CT molecular complexity index is 1090. The van der Waals surface area contributed by atoms with Crippen LogP contribution in [0, 0.1) is 6.92 Å². The average molecular weight is 321 g/mol. The Morgan fingerprint density at radius 3 is 2.08 bits per heavy atom. The van der Waals surface area contributed by atoms with Gasteiger partial charge in [0.25, 0.3) is 0 Å². The molecule has 0 aliphatic heterocycles. The lowest BCUT2D eigenvalue weighted by Crippen LogP contribution is -2.10. The van der Waals surface area contributed by atoms with Crippen molar-refractivity contribution in [2.24, 2.45) is 0 Å². The molecule has 0 unspecified atom stereocenters. The number of aryl methyl sites for hydroxylation is 1. The molecular formula is C24H19N. The number of anilines is 2. The van der Waals surface area contributed by atoms with Crippen LogP contribution in [0.2, 0.25) is 0 Å². The van der Waals surface area contributed by atoms with Gasteiger partial charge in [0.05, 0.1) is 0 Å². The highest BCUT2D eigenvalue weighted by atomic mass is 15.1. The van der Waals surface area contributed by atoms with Crippen LogP contribution in [0.4, 0.5) is 11.4 Å². The third-order valence-electron chi connectivity index (χ3n) is 5.28. The Morgan fingerprint density at radius 1 is 0.640 bits per heavy atom. The highest BCUT2D eigenvalue weighted by Gasteiger charge is 2.22. The molecule has 4 aromatic carbocycles. The minimum Gasteiger partial charge on any atom is -0.344 e. The Hall–Kier alpha value is -3.06. The molecule has 1 aliphatic rings. The molecule has 4 aromatic rings. The topological polar surface area (TPSA) is 3.24 Å². The molecule has 1 aliphatic carbocycles. The van der Waals surface area contributed by atoms with E-state index in [1.807, 2.05) is 0 Å². The molecule has 1 nitrogen and oxygen atoms in total. The third kappa shape index (κ3) is 2.02. The summed E-state index contributed by atoms with van der Waals surface area (Å²) in [6, 6.07) is 28.6. The van der Waals surface area contributed by atoms with E-state index >= 15 is 0 Å². The van der Waals surface area contributed by atoms with Crippen molar-refractivity contribution in [3.63, 3.8) is 0 Å². The minimum atomic E-state index is 1.22. The second-order valence-electron chi connectivity index (χ2n) is 6.80. The van der Waals surface area contributed by atoms with Gasteiger partial charge in [0, 0.05) is 23.8 Å². The van der Waals surface area contributed by atoms with Crippen LogP contribution in [-0.4, -0.2) is 7.05 Å². The second-order valence-corrected chi connectivity index (χ2v) is 6.80. The molecule has 0 aromatic heterocycles. The number of fused-ring (bicyclic) bond motifs is 3. The number of benzene rings is 4.